The molecule has 2 aliphatic rings. The van der Waals surface area contributed by atoms with Gasteiger partial charge in [0.1, 0.15) is 16.9 Å². The van der Waals surface area contributed by atoms with Crippen LogP contribution in [0.3, 0.4) is 0 Å². The van der Waals surface area contributed by atoms with Gasteiger partial charge < -0.3 is 4.42 Å². The standard InChI is InChI=1S/C39H43N2OSi/c1-22(2)32-20-33-29-13-11-10-12-28(29)30-17-15-27-19-24(4)36-31-16-14-23(3)18-34(31)42-39(36)37(27)25(5)40-26(6)38(30)41(33)21-35(32)43(7,8)9/h10-14,16,18-22,30,38H,6,15,17H2,1-5,7-9H3/q+1. The summed E-state index contributed by atoms with van der Waals surface area (Å²) in [6.07, 6.45) is 4.47. The first-order valence-electron chi connectivity index (χ1n) is 15.8. The van der Waals surface area contributed by atoms with Gasteiger partial charge in [-0.2, -0.15) is 4.57 Å². The van der Waals surface area contributed by atoms with E-state index in [1.54, 1.807) is 0 Å². The van der Waals surface area contributed by atoms with E-state index < -0.39 is 8.07 Å². The fraction of sp³-hybridized carbons (Fsp3) is 0.333. The third-order valence-corrected chi connectivity index (χ3v) is 11.8. The number of furan rings is 1. The van der Waals surface area contributed by atoms with Crippen molar-refractivity contribution in [3.8, 4) is 11.3 Å². The lowest BCUT2D eigenvalue weighted by atomic mass is 9.78. The molecule has 0 aliphatic carbocycles. The highest BCUT2D eigenvalue weighted by Gasteiger charge is 2.44. The maximum atomic E-state index is 6.66. The lowest BCUT2D eigenvalue weighted by Crippen LogP contribution is -2.54. The molecule has 4 heterocycles. The van der Waals surface area contributed by atoms with Crippen molar-refractivity contribution in [3.05, 3.63) is 106 Å². The van der Waals surface area contributed by atoms with Crippen molar-refractivity contribution >= 4 is 40.9 Å². The molecule has 0 saturated heterocycles. The maximum absolute atomic E-state index is 6.66. The SMILES string of the molecule is C=C1N=C(C)c2c(cc(C)c3c2oc2cc(C)ccc23)CCC2c3ccccc3-c3cc(C(C)C)c([Si](C)(C)C)c[n+]3C12. The summed E-state index contributed by atoms with van der Waals surface area (Å²) in [6, 6.07) is 20.5. The molecule has 0 bridgehead atoms. The van der Waals surface area contributed by atoms with Crippen molar-refractivity contribution < 1.29 is 8.98 Å². The fourth-order valence-electron chi connectivity index (χ4n) is 7.82. The number of aryl methyl sites for hydroxylation is 3. The maximum Gasteiger partial charge on any atom is 0.213 e. The highest BCUT2D eigenvalue weighted by atomic mass is 28.3. The van der Waals surface area contributed by atoms with E-state index in [0.29, 0.717) is 5.92 Å². The zero-order valence-corrected chi connectivity index (χ0v) is 27.9. The van der Waals surface area contributed by atoms with Crippen LogP contribution in [0.1, 0.15) is 78.5 Å². The van der Waals surface area contributed by atoms with Gasteiger partial charge in [-0.15, -0.1) is 0 Å². The van der Waals surface area contributed by atoms with Crippen LogP contribution in [-0.4, -0.2) is 13.8 Å². The molecular formula is C39H43N2OSi+. The fourth-order valence-corrected chi connectivity index (χ4v) is 9.58. The number of aliphatic imine (C=N–C) groups is 1. The number of rotatable bonds is 2. The van der Waals surface area contributed by atoms with Crippen molar-refractivity contribution in [2.45, 2.75) is 85.0 Å². The van der Waals surface area contributed by atoms with E-state index in [1.807, 2.05) is 0 Å². The molecule has 0 N–H and O–H groups in total. The van der Waals surface area contributed by atoms with Gasteiger partial charge in [0.25, 0.3) is 0 Å². The van der Waals surface area contributed by atoms with Gasteiger partial charge in [-0.1, -0.05) is 76.5 Å². The second-order valence-electron chi connectivity index (χ2n) is 14.2. The number of hydrogen-bond donors (Lipinski definition) is 0. The van der Waals surface area contributed by atoms with Crippen LogP contribution in [0.15, 0.2) is 82.5 Å². The number of nitrogens with zero attached hydrogens (tertiary/aromatic N) is 2. The molecule has 0 amide bonds. The Hall–Kier alpha value is -3.76. The van der Waals surface area contributed by atoms with Gasteiger partial charge in [0.05, 0.1) is 14.0 Å². The molecule has 3 nitrogen and oxygen atoms in total. The van der Waals surface area contributed by atoms with E-state index in [0.717, 1.165) is 41.0 Å². The zero-order chi connectivity index (χ0) is 30.4. The monoisotopic (exact) mass is 583 g/mol. The van der Waals surface area contributed by atoms with Crippen molar-refractivity contribution in [2.75, 3.05) is 0 Å². The average Bonchev–Trinajstić information content (AvgIpc) is 3.34. The van der Waals surface area contributed by atoms with Gasteiger partial charge in [-0.25, -0.2) is 0 Å². The summed E-state index contributed by atoms with van der Waals surface area (Å²) in [5.74, 6) is 0.742. The van der Waals surface area contributed by atoms with E-state index >= 15 is 0 Å². The number of allylic oxidation sites excluding steroid dienone is 1. The molecule has 0 saturated carbocycles. The summed E-state index contributed by atoms with van der Waals surface area (Å²) in [7, 11) is -1.62. The van der Waals surface area contributed by atoms with Gasteiger partial charge >= 0.3 is 0 Å². The minimum Gasteiger partial charge on any atom is -0.455 e. The lowest BCUT2D eigenvalue weighted by molar-refractivity contribution is -0.708. The number of benzene rings is 3. The third kappa shape index (κ3) is 4.37. The second-order valence-corrected chi connectivity index (χ2v) is 19.3. The van der Waals surface area contributed by atoms with Crippen LogP contribution in [-0.2, 0) is 6.42 Å². The molecule has 2 atom stereocenters. The number of pyridine rings is 1. The van der Waals surface area contributed by atoms with Crippen molar-refractivity contribution in [1.29, 1.82) is 0 Å². The van der Waals surface area contributed by atoms with Crippen LogP contribution in [0, 0.1) is 13.8 Å². The highest BCUT2D eigenvalue weighted by molar-refractivity contribution is 6.89. The van der Waals surface area contributed by atoms with Gasteiger partial charge in [0.15, 0.2) is 6.20 Å². The Balaban J connectivity index is 1.48. The summed E-state index contributed by atoms with van der Waals surface area (Å²) < 4.78 is 9.21. The Kier molecular flexibility index (Phi) is 6.44. The van der Waals surface area contributed by atoms with Crippen LogP contribution in [0.25, 0.3) is 33.2 Å². The minimum atomic E-state index is -1.62. The summed E-state index contributed by atoms with van der Waals surface area (Å²) in [4.78, 5) is 5.36. The number of aromatic nitrogens is 1. The van der Waals surface area contributed by atoms with Gasteiger partial charge in [0.2, 0.25) is 11.7 Å². The highest BCUT2D eigenvalue weighted by Crippen LogP contribution is 2.46. The second kappa shape index (κ2) is 9.88. The van der Waals surface area contributed by atoms with E-state index in [-0.39, 0.29) is 12.0 Å². The topological polar surface area (TPSA) is 29.4 Å². The summed E-state index contributed by atoms with van der Waals surface area (Å²) in [5, 5.41) is 3.92. The summed E-state index contributed by atoms with van der Waals surface area (Å²) in [5.41, 5.74) is 14.3. The molecule has 4 heteroatoms. The van der Waals surface area contributed by atoms with Gasteiger partial charge in [-0.05, 0) is 79.5 Å². The number of hydrogen-bond acceptors (Lipinski definition) is 2. The quantitative estimate of drug-likeness (QED) is 0.150. The molecule has 2 unspecified atom stereocenters. The molecule has 0 radical (unpaired) electrons. The van der Waals surface area contributed by atoms with E-state index in [1.165, 1.54) is 55.0 Å². The van der Waals surface area contributed by atoms with Crippen LogP contribution in [0.5, 0.6) is 0 Å². The van der Waals surface area contributed by atoms with Gasteiger partial charge in [0, 0.05) is 38.9 Å². The average molecular weight is 584 g/mol. The Labute approximate surface area is 257 Å². The van der Waals surface area contributed by atoms with E-state index in [4.69, 9.17) is 16.0 Å². The van der Waals surface area contributed by atoms with Crippen LogP contribution >= 0.6 is 0 Å². The largest absolute Gasteiger partial charge is 0.455 e. The molecule has 218 valence electrons. The molecular weight excluding hydrogens is 541 g/mol. The summed E-state index contributed by atoms with van der Waals surface area (Å²) >= 11 is 0. The lowest BCUT2D eigenvalue weighted by Gasteiger charge is -2.32. The smallest absolute Gasteiger partial charge is 0.213 e. The Morgan fingerprint density at radius 2 is 1.77 bits per heavy atom. The first kappa shape index (κ1) is 28.0. The molecule has 2 aromatic heterocycles. The Morgan fingerprint density at radius 1 is 1.00 bits per heavy atom. The van der Waals surface area contributed by atoms with Crippen molar-refractivity contribution in [1.82, 2.24) is 0 Å². The molecule has 3 aromatic carbocycles. The minimum absolute atomic E-state index is 0.0559. The number of fused-ring (bicyclic) bond motifs is 11. The molecule has 2 aliphatic heterocycles. The van der Waals surface area contributed by atoms with Gasteiger partial charge in [-0.3, -0.25) is 4.99 Å². The van der Waals surface area contributed by atoms with Crippen LogP contribution in [0.4, 0.5) is 0 Å². The molecule has 0 fully saturated rings. The predicted octanol–water partition coefficient (Wildman–Crippen LogP) is 9.43. The first-order valence-corrected chi connectivity index (χ1v) is 19.3. The van der Waals surface area contributed by atoms with Crippen molar-refractivity contribution in [3.63, 3.8) is 0 Å². The molecule has 7 rings (SSSR count). The first-order chi connectivity index (χ1) is 20.4. The van der Waals surface area contributed by atoms with Crippen LogP contribution < -0.4 is 9.75 Å². The predicted molar refractivity (Wildman–Crippen MR) is 184 cm³/mol. The van der Waals surface area contributed by atoms with E-state index in [2.05, 4.69) is 120 Å². The molecule has 0 spiro atoms. The molecule has 43 heavy (non-hydrogen) atoms. The van der Waals surface area contributed by atoms with Crippen LogP contribution in [0.2, 0.25) is 19.6 Å². The normalized spacial score (nSPS) is 18.4. The molecule has 5 aromatic rings. The third-order valence-electron chi connectivity index (χ3n) is 9.81. The summed E-state index contributed by atoms with van der Waals surface area (Å²) in [6.45, 7) is 23.3. The van der Waals surface area contributed by atoms with Crippen molar-refractivity contribution in [2.24, 2.45) is 4.99 Å². The zero-order valence-electron chi connectivity index (χ0n) is 26.9. The Morgan fingerprint density at radius 3 is 2.51 bits per heavy atom. The Bertz CT molecular complexity index is 2000. The van der Waals surface area contributed by atoms with E-state index in [9.17, 15) is 0 Å².